The minimum atomic E-state index is 0.577. The number of ether oxygens (including phenoxy) is 1. The number of anilines is 2. The Morgan fingerprint density at radius 1 is 1.54 bits per heavy atom. The molecule has 0 fully saturated rings. The molecule has 0 amide bonds. The standard InChI is InChI=1S/C9H15N3O/c1-3-6-11-9-7(10)4-5-8(12-9)13-2/h4-5H,3,6,10H2,1-2H3,(H,11,12). The zero-order valence-corrected chi connectivity index (χ0v) is 8.00. The Hall–Kier alpha value is -1.45. The molecule has 0 spiro atoms. The second-order valence-corrected chi connectivity index (χ2v) is 2.72. The van der Waals surface area contributed by atoms with E-state index in [1.165, 1.54) is 0 Å². The Morgan fingerprint density at radius 2 is 2.31 bits per heavy atom. The van der Waals surface area contributed by atoms with E-state index in [1.807, 2.05) is 0 Å². The Labute approximate surface area is 78.1 Å². The summed E-state index contributed by atoms with van der Waals surface area (Å²) in [7, 11) is 1.59. The van der Waals surface area contributed by atoms with Crippen LogP contribution in [0.1, 0.15) is 13.3 Å². The smallest absolute Gasteiger partial charge is 0.215 e. The van der Waals surface area contributed by atoms with Crippen molar-refractivity contribution in [3.05, 3.63) is 12.1 Å². The van der Waals surface area contributed by atoms with Crippen LogP contribution in [0.5, 0.6) is 5.88 Å². The number of hydrogen-bond acceptors (Lipinski definition) is 4. The van der Waals surface area contributed by atoms with Crippen LogP contribution >= 0.6 is 0 Å². The SMILES string of the molecule is CCCNc1nc(OC)ccc1N. The summed E-state index contributed by atoms with van der Waals surface area (Å²) in [6.45, 7) is 2.95. The monoisotopic (exact) mass is 181 g/mol. The molecule has 0 atom stereocenters. The molecule has 1 rings (SSSR count). The molecule has 1 aromatic heterocycles. The van der Waals surface area contributed by atoms with E-state index in [4.69, 9.17) is 10.5 Å². The van der Waals surface area contributed by atoms with Gasteiger partial charge in [0.15, 0.2) is 5.82 Å². The molecule has 0 aliphatic rings. The average Bonchev–Trinajstić information content (AvgIpc) is 2.17. The van der Waals surface area contributed by atoms with Crippen molar-refractivity contribution in [1.82, 2.24) is 4.98 Å². The normalized spacial score (nSPS) is 9.69. The second-order valence-electron chi connectivity index (χ2n) is 2.72. The highest BCUT2D eigenvalue weighted by atomic mass is 16.5. The highest BCUT2D eigenvalue weighted by Crippen LogP contribution is 2.19. The van der Waals surface area contributed by atoms with Crippen molar-refractivity contribution in [1.29, 1.82) is 0 Å². The van der Waals surface area contributed by atoms with E-state index in [2.05, 4.69) is 17.2 Å². The molecule has 13 heavy (non-hydrogen) atoms. The van der Waals surface area contributed by atoms with Gasteiger partial charge in [0.05, 0.1) is 12.8 Å². The van der Waals surface area contributed by atoms with Crippen molar-refractivity contribution in [3.8, 4) is 5.88 Å². The van der Waals surface area contributed by atoms with Gasteiger partial charge in [-0.1, -0.05) is 6.92 Å². The first-order valence-electron chi connectivity index (χ1n) is 4.32. The van der Waals surface area contributed by atoms with Crippen LogP contribution in [0.25, 0.3) is 0 Å². The van der Waals surface area contributed by atoms with E-state index in [0.29, 0.717) is 17.4 Å². The number of methoxy groups -OCH3 is 1. The second kappa shape index (κ2) is 4.54. The summed E-state index contributed by atoms with van der Waals surface area (Å²) in [5.41, 5.74) is 6.35. The van der Waals surface area contributed by atoms with Crippen molar-refractivity contribution >= 4 is 11.5 Å². The Bertz CT molecular complexity index is 276. The van der Waals surface area contributed by atoms with Crippen molar-refractivity contribution < 1.29 is 4.74 Å². The molecule has 1 heterocycles. The lowest BCUT2D eigenvalue weighted by atomic mass is 10.3. The number of pyridine rings is 1. The summed E-state index contributed by atoms with van der Waals surface area (Å²) >= 11 is 0. The highest BCUT2D eigenvalue weighted by Gasteiger charge is 2.01. The Kier molecular flexibility index (Phi) is 3.37. The third kappa shape index (κ3) is 2.50. The number of nitrogens with one attached hydrogen (secondary N) is 1. The third-order valence-electron chi connectivity index (χ3n) is 1.65. The number of rotatable bonds is 4. The van der Waals surface area contributed by atoms with Crippen LogP contribution < -0.4 is 15.8 Å². The van der Waals surface area contributed by atoms with Crippen molar-refractivity contribution in [2.75, 3.05) is 24.7 Å². The molecule has 0 radical (unpaired) electrons. The fraction of sp³-hybridized carbons (Fsp3) is 0.444. The Balaban J connectivity index is 2.78. The average molecular weight is 181 g/mol. The van der Waals surface area contributed by atoms with Crippen LogP contribution in [-0.2, 0) is 0 Å². The first-order chi connectivity index (χ1) is 6.27. The van der Waals surface area contributed by atoms with Gasteiger partial charge in [0.1, 0.15) is 0 Å². The topological polar surface area (TPSA) is 60.2 Å². The molecular formula is C9H15N3O. The third-order valence-corrected chi connectivity index (χ3v) is 1.65. The van der Waals surface area contributed by atoms with Crippen LogP contribution in [0.2, 0.25) is 0 Å². The van der Waals surface area contributed by atoms with Gasteiger partial charge in [-0.25, -0.2) is 0 Å². The molecule has 0 aliphatic carbocycles. The minimum Gasteiger partial charge on any atom is -0.481 e. The molecule has 4 nitrogen and oxygen atoms in total. The van der Waals surface area contributed by atoms with E-state index in [-0.39, 0.29) is 0 Å². The number of hydrogen-bond donors (Lipinski definition) is 2. The maximum absolute atomic E-state index is 5.70. The molecule has 0 unspecified atom stereocenters. The predicted molar refractivity (Wildman–Crippen MR) is 54.0 cm³/mol. The lowest BCUT2D eigenvalue weighted by Crippen LogP contribution is -2.05. The van der Waals surface area contributed by atoms with Crippen LogP contribution in [0, 0.1) is 0 Å². The summed E-state index contributed by atoms with van der Waals surface area (Å²) in [6, 6.07) is 3.52. The van der Waals surface area contributed by atoms with Gasteiger partial charge in [-0.15, -0.1) is 0 Å². The molecule has 0 aliphatic heterocycles. The fourth-order valence-corrected chi connectivity index (χ4v) is 0.951. The quantitative estimate of drug-likeness (QED) is 0.738. The van der Waals surface area contributed by atoms with Crippen molar-refractivity contribution in [2.24, 2.45) is 0 Å². The maximum Gasteiger partial charge on any atom is 0.215 e. The van der Waals surface area contributed by atoms with E-state index >= 15 is 0 Å². The molecule has 72 valence electrons. The molecule has 4 heteroatoms. The highest BCUT2D eigenvalue weighted by molar-refractivity contribution is 5.61. The first-order valence-corrected chi connectivity index (χ1v) is 4.32. The molecule has 0 aromatic carbocycles. The van der Waals surface area contributed by atoms with Crippen LogP contribution in [-0.4, -0.2) is 18.6 Å². The summed E-state index contributed by atoms with van der Waals surface area (Å²) in [5, 5.41) is 3.12. The van der Waals surface area contributed by atoms with E-state index in [0.717, 1.165) is 13.0 Å². The molecule has 0 saturated carbocycles. The fourth-order valence-electron chi connectivity index (χ4n) is 0.951. The largest absolute Gasteiger partial charge is 0.481 e. The van der Waals surface area contributed by atoms with E-state index in [1.54, 1.807) is 19.2 Å². The van der Waals surface area contributed by atoms with Gasteiger partial charge in [-0.05, 0) is 12.5 Å². The van der Waals surface area contributed by atoms with Gasteiger partial charge >= 0.3 is 0 Å². The lowest BCUT2D eigenvalue weighted by Gasteiger charge is -2.08. The van der Waals surface area contributed by atoms with Gasteiger partial charge < -0.3 is 15.8 Å². The zero-order chi connectivity index (χ0) is 9.68. The van der Waals surface area contributed by atoms with Crippen LogP contribution in [0.4, 0.5) is 11.5 Å². The van der Waals surface area contributed by atoms with E-state index < -0.39 is 0 Å². The summed E-state index contributed by atoms with van der Waals surface area (Å²) in [5.74, 6) is 1.27. The van der Waals surface area contributed by atoms with Gasteiger partial charge in [-0.2, -0.15) is 4.98 Å². The maximum atomic E-state index is 5.70. The zero-order valence-electron chi connectivity index (χ0n) is 8.00. The number of nitrogens with two attached hydrogens (primary N) is 1. The molecule has 0 saturated heterocycles. The summed E-state index contributed by atoms with van der Waals surface area (Å²) < 4.78 is 4.98. The summed E-state index contributed by atoms with van der Waals surface area (Å²) in [4.78, 5) is 4.17. The van der Waals surface area contributed by atoms with E-state index in [9.17, 15) is 0 Å². The van der Waals surface area contributed by atoms with Gasteiger partial charge in [0.2, 0.25) is 5.88 Å². The molecule has 3 N–H and O–H groups in total. The lowest BCUT2D eigenvalue weighted by molar-refractivity contribution is 0.398. The molecular weight excluding hydrogens is 166 g/mol. The van der Waals surface area contributed by atoms with Gasteiger partial charge in [0, 0.05) is 12.6 Å². The van der Waals surface area contributed by atoms with Gasteiger partial charge in [0.25, 0.3) is 0 Å². The minimum absolute atomic E-state index is 0.577. The predicted octanol–water partition coefficient (Wildman–Crippen LogP) is 1.49. The summed E-state index contributed by atoms with van der Waals surface area (Å²) in [6.07, 6.45) is 1.04. The van der Waals surface area contributed by atoms with Crippen molar-refractivity contribution in [3.63, 3.8) is 0 Å². The number of nitrogens with zero attached hydrogens (tertiary/aromatic N) is 1. The van der Waals surface area contributed by atoms with Crippen LogP contribution in [0.3, 0.4) is 0 Å². The van der Waals surface area contributed by atoms with Crippen LogP contribution in [0.15, 0.2) is 12.1 Å². The molecule has 1 aromatic rings. The van der Waals surface area contributed by atoms with Crippen molar-refractivity contribution in [2.45, 2.75) is 13.3 Å². The first kappa shape index (κ1) is 9.64. The molecule has 0 bridgehead atoms. The number of nitrogen functional groups attached to an aromatic ring is 1. The Morgan fingerprint density at radius 3 is 2.92 bits per heavy atom. The van der Waals surface area contributed by atoms with Gasteiger partial charge in [-0.3, -0.25) is 0 Å². The number of aromatic nitrogens is 1.